The van der Waals surface area contributed by atoms with E-state index in [1.54, 1.807) is 12.4 Å². The molecule has 0 saturated carbocycles. The van der Waals surface area contributed by atoms with Gasteiger partial charge in [0, 0.05) is 43.2 Å². The van der Waals surface area contributed by atoms with Crippen molar-refractivity contribution in [3.8, 4) is 0 Å². The number of hydrogen-bond acceptors (Lipinski definition) is 4. The van der Waals surface area contributed by atoms with Gasteiger partial charge in [-0.05, 0) is 31.5 Å². The molecule has 0 saturated heterocycles. The molecule has 1 aromatic heterocycles. The number of carbonyl (C=O) groups excluding carboxylic acids is 1. The quantitative estimate of drug-likeness (QED) is 0.439. The van der Waals surface area contributed by atoms with Crippen LogP contribution in [0.4, 0.5) is 5.69 Å². The highest BCUT2D eigenvalue weighted by Gasteiger charge is 2.07. The summed E-state index contributed by atoms with van der Waals surface area (Å²) < 4.78 is 2.01. The third kappa shape index (κ3) is 6.53. The molecule has 0 aliphatic rings. The third-order valence-electron chi connectivity index (χ3n) is 4.15. The smallest absolute Gasteiger partial charge is 0.226 e. The van der Waals surface area contributed by atoms with Crippen LogP contribution in [0.15, 0.2) is 29.5 Å². The van der Waals surface area contributed by atoms with Gasteiger partial charge in [-0.2, -0.15) is 0 Å². The molecule has 0 unspecified atom stereocenters. The number of aryl methyl sites for hydroxylation is 1. The maximum absolute atomic E-state index is 12.2. The van der Waals surface area contributed by atoms with E-state index in [-0.39, 0.29) is 12.3 Å². The summed E-state index contributed by atoms with van der Waals surface area (Å²) >= 11 is 6.08. The van der Waals surface area contributed by atoms with Gasteiger partial charge in [0.25, 0.3) is 0 Å². The van der Waals surface area contributed by atoms with E-state index in [4.69, 9.17) is 11.6 Å². The summed E-state index contributed by atoms with van der Waals surface area (Å²) in [6.45, 7) is 8.49. The van der Waals surface area contributed by atoms with Crippen molar-refractivity contribution in [3.05, 3.63) is 40.9 Å². The topological polar surface area (TPSA) is 96.2 Å². The highest BCUT2D eigenvalue weighted by atomic mass is 35.5. The second-order valence-electron chi connectivity index (χ2n) is 6.19. The Labute approximate surface area is 170 Å². The summed E-state index contributed by atoms with van der Waals surface area (Å²) in [5, 5.41) is 18.0. The number of anilines is 1. The Bertz CT molecular complexity index is 803. The first-order valence-electron chi connectivity index (χ1n) is 9.49. The molecule has 0 aliphatic carbocycles. The lowest BCUT2D eigenvalue weighted by Gasteiger charge is -2.12. The lowest BCUT2D eigenvalue weighted by Crippen LogP contribution is -2.39. The molecule has 9 heteroatoms. The Morgan fingerprint density at radius 3 is 2.86 bits per heavy atom. The molecular formula is C19H28ClN7O. The fourth-order valence-corrected chi connectivity index (χ4v) is 2.78. The summed E-state index contributed by atoms with van der Waals surface area (Å²) in [6.07, 6.45) is 2.86. The van der Waals surface area contributed by atoms with Crippen molar-refractivity contribution in [2.75, 3.05) is 25.0 Å². The van der Waals surface area contributed by atoms with Crippen LogP contribution in [0.1, 0.15) is 31.7 Å². The predicted octanol–water partition coefficient (Wildman–Crippen LogP) is 2.39. The van der Waals surface area contributed by atoms with Crippen molar-refractivity contribution in [3.63, 3.8) is 0 Å². The van der Waals surface area contributed by atoms with Gasteiger partial charge in [0.2, 0.25) is 5.91 Å². The standard InChI is InChI=1S/C19H28ClN7O/c1-4-17-26-24-13-27(17)12-11-23-19(21-5-2)22-10-9-18(28)25-16-8-6-7-15(20)14(16)3/h6-8,13H,4-5,9-12H2,1-3H3,(H,25,28)(H2,21,22,23). The lowest BCUT2D eigenvalue weighted by molar-refractivity contribution is -0.116. The van der Waals surface area contributed by atoms with Crippen LogP contribution in [0.3, 0.4) is 0 Å². The molecule has 1 aromatic carbocycles. The molecule has 0 spiro atoms. The van der Waals surface area contributed by atoms with Crippen LogP contribution in [-0.4, -0.2) is 46.3 Å². The number of guanidine groups is 1. The molecule has 0 atom stereocenters. The van der Waals surface area contributed by atoms with E-state index >= 15 is 0 Å². The van der Waals surface area contributed by atoms with E-state index in [2.05, 4.69) is 38.1 Å². The Hall–Kier alpha value is -2.61. The van der Waals surface area contributed by atoms with Gasteiger partial charge in [0.15, 0.2) is 5.96 Å². The Balaban J connectivity index is 1.81. The van der Waals surface area contributed by atoms with E-state index in [1.807, 2.05) is 30.5 Å². The molecule has 0 aliphatic heterocycles. The van der Waals surface area contributed by atoms with Crippen molar-refractivity contribution in [1.82, 2.24) is 25.4 Å². The van der Waals surface area contributed by atoms with Crippen molar-refractivity contribution < 1.29 is 4.79 Å². The van der Waals surface area contributed by atoms with E-state index in [0.717, 1.165) is 36.6 Å². The lowest BCUT2D eigenvalue weighted by atomic mass is 10.2. The zero-order valence-electron chi connectivity index (χ0n) is 16.6. The van der Waals surface area contributed by atoms with Crippen LogP contribution in [0.2, 0.25) is 5.02 Å². The number of nitrogens with one attached hydrogen (secondary N) is 3. The third-order valence-corrected chi connectivity index (χ3v) is 4.56. The number of aromatic nitrogens is 3. The predicted molar refractivity (Wildman–Crippen MR) is 113 cm³/mol. The second-order valence-corrected chi connectivity index (χ2v) is 6.60. The van der Waals surface area contributed by atoms with Crippen LogP contribution in [0.25, 0.3) is 0 Å². The van der Waals surface area contributed by atoms with Crippen LogP contribution in [-0.2, 0) is 17.8 Å². The Kier molecular flexibility index (Phi) is 8.74. The van der Waals surface area contributed by atoms with Gasteiger partial charge in [0.05, 0.1) is 6.54 Å². The van der Waals surface area contributed by atoms with E-state index in [0.29, 0.717) is 24.1 Å². The monoisotopic (exact) mass is 405 g/mol. The maximum atomic E-state index is 12.2. The summed E-state index contributed by atoms with van der Waals surface area (Å²) in [6, 6.07) is 5.45. The van der Waals surface area contributed by atoms with Crippen molar-refractivity contribution in [2.45, 2.75) is 40.2 Å². The fraction of sp³-hybridized carbons (Fsp3) is 0.474. The Morgan fingerprint density at radius 1 is 1.29 bits per heavy atom. The van der Waals surface area contributed by atoms with Crippen LogP contribution < -0.4 is 16.0 Å². The minimum absolute atomic E-state index is 0.0953. The molecule has 0 radical (unpaired) electrons. The minimum atomic E-state index is -0.0953. The summed E-state index contributed by atoms with van der Waals surface area (Å²) in [7, 11) is 0. The van der Waals surface area contributed by atoms with Crippen LogP contribution in [0.5, 0.6) is 0 Å². The van der Waals surface area contributed by atoms with Gasteiger partial charge in [-0.1, -0.05) is 24.6 Å². The van der Waals surface area contributed by atoms with Gasteiger partial charge < -0.3 is 20.5 Å². The number of rotatable bonds is 9. The fourth-order valence-electron chi connectivity index (χ4n) is 2.60. The molecule has 0 bridgehead atoms. The average Bonchev–Trinajstić information content (AvgIpc) is 3.13. The van der Waals surface area contributed by atoms with E-state index < -0.39 is 0 Å². The maximum Gasteiger partial charge on any atom is 0.226 e. The number of carbonyl (C=O) groups is 1. The van der Waals surface area contributed by atoms with E-state index in [1.165, 1.54) is 0 Å². The summed E-state index contributed by atoms with van der Waals surface area (Å²) in [5.74, 6) is 1.54. The van der Waals surface area contributed by atoms with Gasteiger partial charge >= 0.3 is 0 Å². The molecule has 3 N–H and O–H groups in total. The molecular weight excluding hydrogens is 378 g/mol. The van der Waals surface area contributed by atoms with Gasteiger partial charge in [-0.15, -0.1) is 10.2 Å². The van der Waals surface area contributed by atoms with E-state index in [9.17, 15) is 4.79 Å². The zero-order chi connectivity index (χ0) is 20.4. The largest absolute Gasteiger partial charge is 0.357 e. The SMILES string of the molecule is CCNC(=NCCC(=O)Nc1cccc(Cl)c1C)NCCn1cnnc1CC. The molecule has 28 heavy (non-hydrogen) atoms. The molecule has 2 aromatic rings. The van der Waals surface area contributed by atoms with Gasteiger partial charge in [-0.25, -0.2) is 0 Å². The molecule has 0 fully saturated rings. The van der Waals surface area contributed by atoms with Crippen LogP contribution in [0, 0.1) is 6.92 Å². The summed E-state index contributed by atoms with van der Waals surface area (Å²) in [4.78, 5) is 16.6. The zero-order valence-corrected chi connectivity index (χ0v) is 17.4. The molecule has 1 amide bonds. The number of hydrogen-bond donors (Lipinski definition) is 3. The highest BCUT2D eigenvalue weighted by molar-refractivity contribution is 6.31. The first-order valence-corrected chi connectivity index (χ1v) is 9.86. The first kappa shape index (κ1) is 21.7. The first-order chi connectivity index (χ1) is 13.5. The Morgan fingerprint density at radius 2 is 2.11 bits per heavy atom. The minimum Gasteiger partial charge on any atom is -0.357 e. The molecule has 2 rings (SSSR count). The molecule has 152 valence electrons. The molecule has 8 nitrogen and oxygen atoms in total. The van der Waals surface area contributed by atoms with Crippen molar-refractivity contribution in [1.29, 1.82) is 0 Å². The average molecular weight is 406 g/mol. The van der Waals surface area contributed by atoms with Gasteiger partial charge in [-0.3, -0.25) is 9.79 Å². The molecule has 1 heterocycles. The van der Waals surface area contributed by atoms with Crippen LogP contribution >= 0.6 is 11.6 Å². The number of benzene rings is 1. The normalized spacial score (nSPS) is 11.4. The highest BCUT2D eigenvalue weighted by Crippen LogP contribution is 2.22. The number of nitrogens with zero attached hydrogens (tertiary/aromatic N) is 4. The number of halogens is 1. The van der Waals surface area contributed by atoms with Gasteiger partial charge in [0.1, 0.15) is 12.2 Å². The summed E-state index contributed by atoms with van der Waals surface area (Å²) in [5.41, 5.74) is 1.59. The second kappa shape index (κ2) is 11.3. The van der Waals surface area contributed by atoms with Crippen molar-refractivity contribution in [2.24, 2.45) is 4.99 Å². The van der Waals surface area contributed by atoms with Crippen molar-refractivity contribution >= 4 is 29.2 Å². The number of amides is 1. The number of aliphatic imine (C=N–C) groups is 1.